The van der Waals surface area contributed by atoms with Crippen LogP contribution in [-0.4, -0.2) is 19.2 Å². The Bertz CT molecular complexity index is 435. The second-order valence-corrected chi connectivity index (χ2v) is 5.81. The van der Waals surface area contributed by atoms with Gasteiger partial charge in [-0.2, -0.15) is 0 Å². The van der Waals surface area contributed by atoms with Gasteiger partial charge < -0.3 is 0 Å². The van der Waals surface area contributed by atoms with Crippen molar-refractivity contribution >= 4 is 9.84 Å². The van der Waals surface area contributed by atoms with E-state index >= 15 is 0 Å². The highest BCUT2D eigenvalue weighted by Gasteiger charge is 2.30. The molecule has 0 radical (unpaired) electrons. The van der Waals surface area contributed by atoms with E-state index in [1.54, 1.807) is 25.3 Å². The minimum absolute atomic E-state index is 0.151. The molecule has 3 nitrogen and oxygen atoms in total. The van der Waals surface area contributed by atoms with Crippen LogP contribution in [0.1, 0.15) is 31.4 Å². The maximum Gasteiger partial charge on any atom is 0.179 e. The van der Waals surface area contributed by atoms with Crippen molar-refractivity contribution in [1.82, 2.24) is 4.98 Å². The van der Waals surface area contributed by atoms with Gasteiger partial charge in [-0.15, -0.1) is 0 Å². The summed E-state index contributed by atoms with van der Waals surface area (Å²) in [5.74, 6) is 0.533. The normalized spacial score (nSPS) is 16.9. The summed E-state index contributed by atoms with van der Waals surface area (Å²) in [4.78, 5) is 4.61. The van der Waals surface area contributed by atoms with Gasteiger partial charge in [0.15, 0.2) is 9.84 Å². The summed E-state index contributed by atoms with van der Waals surface area (Å²) >= 11 is 0. The average Bonchev–Trinajstić information content (AvgIpc) is 3.01. The third-order valence-corrected chi connectivity index (χ3v) is 4.25. The van der Waals surface area contributed by atoms with E-state index in [0.717, 1.165) is 18.5 Å². The number of pyridine rings is 1. The predicted molar refractivity (Wildman–Crippen MR) is 53.9 cm³/mol. The molecule has 2 rings (SSSR count). The van der Waals surface area contributed by atoms with Gasteiger partial charge in [0.05, 0.1) is 16.3 Å². The molecule has 14 heavy (non-hydrogen) atoms. The lowest BCUT2D eigenvalue weighted by atomic mass is 10.2. The lowest BCUT2D eigenvalue weighted by Gasteiger charge is -2.06. The van der Waals surface area contributed by atoms with Crippen LogP contribution >= 0.6 is 0 Å². The van der Waals surface area contributed by atoms with Crippen molar-refractivity contribution in [1.29, 1.82) is 0 Å². The van der Waals surface area contributed by atoms with E-state index in [2.05, 4.69) is 4.98 Å². The highest BCUT2D eigenvalue weighted by atomic mass is 32.2. The summed E-state index contributed by atoms with van der Waals surface area (Å²) in [5.41, 5.74) is 0.773. The van der Waals surface area contributed by atoms with Crippen LogP contribution in [-0.2, 0) is 9.84 Å². The first-order valence-corrected chi connectivity index (χ1v) is 6.48. The summed E-state index contributed by atoms with van der Waals surface area (Å²) in [6.45, 7) is 1.67. The highest BCUT2D eigenvalue weighted by Crippen LogP contribution is 2.41. The molecule has 1 saturated carbocycles. The lowest BCUT2D eigenvalue weighted by Crippen LogP contribution is -2.07. The largest absolute Gasteiger partial charge is 0.260 e. The minimum Gasteiger partial charge on any atom is -0.260 e. The maximum atomic E-state index is 11.7. The van der Waals surface area contributed by atoms with Crippen molar-refractivity contribution in [2.45, 2.75) is 30.6 Å². The van der Waals surface area contributed by atoms with E-state index in [9.17, 15) is 8.42 Å². The van der Waals surface area contributed by atoms with Crippen LogP contribution in [0.2, 0.25) is 0 Å². The molecule has 0 aromatic carbocycles. The topological polar surface area (TPSA) is 47.0 Å². The monoisotopic (exact) mass is 211 g/mol. The molecule has 0 saturated heterocycles. The molecule has 76 valence electrons. The van der Waals surface area contributed by atoms with Crippen LogP contribution in [0.3, 0.4) is 0 Å². The van der Waals surface area contributed by atoms with Crippen LogP contribution in [0, 0.1) is 0 Å². The molecule has 0 aliphatic heterocycles. The molecule has 1 aromatic rings. The third-order valence-electron chi connectivity index (χ3n) is 2.48. The maximum absolute atomic E-state index is 11.7. The van der Waals surface area contributed by atoms with Crippen molar-refractivity contribution in [2.24, 2.45) is 0 Å². The molecule has 1 aliphatic carbocycles. The Hall–Kier alpha value is -0.900. The summed E-state index contributed by atoms with van der Waals surface area (Å²) in [7, 11) is -3.10. The van der Waals surface area contributed by atoms with E-state index in [4.69, 9.17) is 0 Å². The number of hydrogen-bond acceptors (Lipinski definition) is 3. The Morgan fingerprint density at radius 2 is 2.21 bits per heavy atom. The molecular formula is C10H13NO2S. The van der Waals surface area contributed by atoms with Gasteiger partial charge in [0.2, 0.25) is 0 Å². The zero-order valence-electron chi connectivity index (χ0n) is 8.10. The van der Waals surface area contributed by atoms with Gasteiger partial charge in [-0.3, -0.25) is 4.98 Å². The number of nitrogens with zero attached hydrogens (tertiary/aromatic N) is 1. The van der Waals surface area contributed by atoms with Crippen molar-refractivity contribution in [3.63, 3.8) is 0 Å². The number of hydrogen-bond donors (Lipinski definition) is 0. The second-order valence-electron chi connectivity index (χ2n) is 3.56. The molecular weight excluding hydrogens is 198 g/mol. The molecule has 0 bridgehead atoms. The molecule has 1 fully saturated rings. The van der Waals surface area contributed by atoms with Crippen LogP contribution in [0.4, 0.5) is 0 Å². The molecule has 0 amide bonds. The van der Waals surface area contributed by atoms with Crippen molar-refractivity contribution in [3.8, 4) is 0 Å². The third kappa shape index (κ3) is 1.66. The first-order chi connectivity index (χ1) is 6.65. The summed E-state index contributed by atoms with van der Waals surface area (Å²) in [6, 6.07) is 3.36. The summed E-state index contributed by atoms with van der Waals surface area (Å²) in [5, 5.41) is 0. The zero-order valence-corrected chi connectivity index (χ0v) is 8.92. The first kappa shape index (κ1) is 9.65. The molecule has 0 spiro atoms. The standard InChI is InChI=1S/C10H13NO2S/c1-2-14(12,13)9-4-3-7-11-10(9)8-5-6-8/h3-4,7-8H,2,5-6H2,1H3. The first-order valence-electron chi connectivity index (χ1n) is 4.83. The van der Waals surface area contributed by atoms with E-state index in [1.807, 2.05) is 0 Å². The Morgan fingerprint density at radius 3 is 2.79 bits per heavy atom. The van der Waals surface area contributed by atoms with Gasteiger partial charge >= 0.3 is 0 Å². The fourth-order valence-corrected chi connectivity index (χ4v) is 2.62. The molecule has 4 heteroatoms. The Morgan fingerprint density at radius 1 is 1.50 bits per heavy atom. The fourth-order valence-electron chi connectivity index (χ4n) is 1.48. The predicted octanol–water partition coefficient (Wildman–Crippen LogP) is 1.75. The van der Waals surface area contributed by atoms with Gasteiger partial charge in [0.25, 0.3) is 0 Å². The zero-order chi connectivity index (χ0) is 10.2. The van der Waals surface area contributed by atoms with Crippen LogP contribution in [0.15, 0.2) is 23.2 Å². The summed E-state index contributed by atoms with van der Waals surface area (Å²) in [6.07, 6.45) is 3.81. The molecule has 1 aliphatic rings. The number of sulfone groups is 1. The fraction of sp³-hybridized carbons (Fsp3) is 0.500. The van der Waals surface area contributed by atoms with Gasteiger partial charge in [0, 0.05) is 12.1 Å². The minimum atomic E-state index is -3.10. The SMILES string of the molecule is CCS(=O)(=O)c1cccnc1C1CC1. The van der Waals surface area contributed by atoms with Crippen LogP contribution in [0.25, 0.3) is 0 Å². The number of aromatic nitrogens is 1. The van der Waals surface area contributed by atoms with Crippen molar-refractivity contribution in [2.75, 3.05) is 5.75 Å². The average molecular weight is 211 g/mol. The van der Waals surface area contributed by atoms with E-state index in [1.165, 1.54) is 0 Å². The smallest absolute Gasteiger partial charge is 0.179 e. The Kier molecular flexibility index (Phi) is 2.31. The molecule has 0 atom stereocenters. The Balaban J connectivity index is 2.51. The van der Waals surface area contributed by atoms with Gasteiger partial charge in [0.1, 0.15) is 0 Å². The number of rotatable bonds is 3. The van der Waals surface area contributed by atoms with E-state index < -0.39 is 9.84 Å². The van der Waals surface area contributed by atoms with E-state index in [-0.39, 0.29) is 5.75 Å². The molecule has 1 heterocycles. The Labute approximate surface area is 84.1 Å². The highest BCUT2D eigenvalue weighted by molar-refractivity contribution is 7.91. The van der Waals surface area contributed by atoms with Gasteiger partial charge in [-0.05, 0) is 25.0 Å². The quantitative estimate of drug-likeness (QED) is 0.765. The van der Waals surface area contributed by atoms with Crippen LogP contribution < -0.4 is 0 Å². The molecule has 0 unspecified atom stereocenters. The lowest BCUT2D eigenvalue weighted by molar-refractivity contribution is 0.595. The van der Waals surface area contributed by atoms with Gasteiger partial charge in [-0.1, -0.05) is 6.92 Å². The molecule has 0 N–H and O–H groups in total. The van der Waals surface area contributed by atoms with Crippen molar-refractivity contribution < 1.29 is 8.42 Å². The second kappa shape index (κ2) is 3.35. The van der Waals surface area contributed by atoms with Gasteiger partial charge in [-0.25, -0.2) is 8.42 Å². The molecule has 1 aromatic heterocycles. The van der Waals surface area contributed by atoms with E-state index in [0.29, 0.717) is 10.8 Å². The van der Waals surface area contributed by atoms with Crippen molar-refractivity contribution in [3.05, 3.63) is 24.0 Å². The summed E-state index contributed by atoms with van der Waals surface area (Å²) < 4.78 is 23.4. The van der Waals surface area contributed by atoms with Crippen LogP contribution in [0.5, 0.6) is 0 Å².